The van der Waals surface area contributed by atoms with E-state index in [0.29, 0.717) is 24.5 Å². The second-order valence-corrected chi connectivity index (χ2v) is 5.93. The molecule has 0 aromatic heterocycles. The van der Waals surface area contributed by atoms with Gasteiger partial charge in [0.05, 0.1) is 12.1 Å². The lowest BCUT2D eigenvalue weighted by Gasteiger charge is -2.18. The van der Waals surface area contributed by atoms with E-state index in [4.69, 9.17) is 14.7 Å². The van der Waals surface area contributed by atoms with Crippen LogP contribution in [0.5, 0.6) is 11.5 Å². The Labute approximate surface area is 149 Å². The summed E-state index contributed by atoms with van der Waals surface area (Å²) in [5.74, 6) is 0.980. The van der Waals surface area contributed by atoms with Gasteiger partial charge in [-0.15, -0.1) is 0 Å². The van der Waals surface area contributed by atoms with E-state index in [-0.39, 0.29) is 12.5 Å². The van der Waals surface area contributed by atoms with Crippen molar-refractivity contribution in [3.63, 3.8) is 0 Å². The summed E-state index contributed by atoms with van der Waals surface area (Å²) in [5, 5.41) is 8.99. The molecule has 0 N–H and O–H groups in total. The topological polar surface area (TPSA) is 62.6 Å². The summed E-state index contributed by atoms with van der Waals surface area (Å²) in [6.45, 7) is 0.713. The van der Waals surface area contributed by atoms with Crippen molar-refractivity contribution in [1.29, 1.82) is 5.26 Å². The number of amides is 1. The number of hydrogen-bond acceptors (Lipinski definition) is 4. The first-order chi connectivity index (χ1) is 11.6. The largest absolute Gasteiger partial charge is 0.492 e. The molecule has 1 amide bonds. The average Bonchev–Trinajstić information content (AvgIpc) is 2.61. The number of carbonyl (C=O) groups is 1. The highest BCUT2D eigenvalue weighted by molar-refractivity contribution is 9.10. The minimum Gasteiger partial charge on any atom is -0.492 e. The fourth-order valence-electron chi connectivity index (χ4n) is 1.89. The number of halogens is 1. The van der Waals surface area contributed by atoms with Crippen LogP contribution in [0.1, 0.15) is 5.56 Å². The zero-order valence-corrected chi connectivity index (χ0v) is 14.8. The summed E-state index contributed by atoms with van der Waals surface area (Å²) < 4.78 is 12.0. The maximum Gasteiger partial charge on any atom is 0.260 e. The first-order valence-electron chi connectivity index (χ1n) is 7.34. The Morgan fingerprint density at radius 2 is 1.88 bits per heavy atom. The Morgan fingerprint density at radius 3 is 2.58 bits per heavy atom. The maximum absolute atomic E-state index is 12.1. The number of nitrogens with zero attached hydrogens (tertiary/aromatic N) is 2. The van der Waals surface area contributed by atoms with Gasteiger partial charge in [-0.1, -0.05) is 28.1 Å². The summed E-state index contributed by atoms with van der Waals surface area (Å²) in [6, 6.07) is 16.4. The molecule has 0 aliphatic rings. The van der Waals surface area contributed by atoms with E-state index in [1.807, 2.05) is 30.3 Å². The number of nitriles is 1. The third kappa shape index (κ3) is 5.28. The normalized spacial score (nSPS) is 9.88. The molecule has 2 aromatic carbocycles. The lowest BCUT2D eigenvalue weighted by molar-refractivity contribution is -0.132. The number of ether oxygens (including phenoxy) is 2. The summed E-state index contributed by atoms with van der Waals surface area (Å²) in [6.07, 6.45) is 0. The Morgan fingerprint density at radius 1 is 1.17 bits per heavy atom. The summed E-state index contributed by atoms with van der Waals surface area (Å²) >= 11 is 3.36. The SMILES string of the molecule is CN(CCOc1ccc(Br)cc1)C(=O)COc1ccccc1C#N. The van der Waals surface area contributed by atoms with E-state index in [9.17, 15) is 4.79 Å². The van der Waals surface area contributed by atoms with Gasteiger partial charge in [-0.25, -0.2) is 0 Å². The second kappa shape index (κ2) is 8.94. The number of para-hydroxylation sites is 1. The fourth-order valence-corrected chi connectivity index (χ4v) is 2.15. The van der Waals surface area contributed by atoms with Gasteiger partial charge in [0.15, 0.2) is 6.61 Å². The molecule has 24 heavy (non-hydrogen) atoms. The van der Waals surface area contributed by atoms with Crippen LogP contribution in [-0.2, 0) is 4.79 Å². The minimum absolute atomic E-state index is 0.118. The Hall–Kier alpha value is -2.52. The molecule has 0 aliphatic carbocycles. The summed E-state index contributed by atoms with van der Waals surface area (Å²) in [4.78, 5) is 13.6. The summed E-state index contributed by atoms with van der Waals surface area (Å²) in [7, 11) is 1.69. The zero-order valence-electron chi connectivity index (χ0n) is 13.2. The van der Waals surface area contributed by atoms with Crippen LogP contribution in [0.2, 0.25) is 0 Å². The van der Waals surface area contributed by atoms with E-state index in [1.54, 1.807) is 31.3 Å². The number of likely N-dealkylation sites (N-methyl/N-ethyl adjacent to an activating group) is 1. The van der Waals surface area contributed by atoms with Crippen LogP contribution in [0.25, 0.3) is 0 Å². The summed E-state index contributed by atoms with van der Waals surface area (Å²) in [5.41, 5.74) is 0.409. The highest BCUT2D eigenvalue weighted by Gasteiger charge is 2.11. The molecule has 0 atom stereocenters. The first kappa shape index (κ1) is 17.8. The van der Waals surface area contributed by atoms with Crippen LogP contribution in [0.3, 0.4) is 0 Å². The molecule has 0 aliphatic heterocycles. The lowest BCUT2D eigenvalue weighted by atomic mass is 10.2. The van der Waals surface area contributed by atoms with Crippen molar-refractivity contribution in [2.24, 2.45) is 0 Å². The predicted octanol–water partition coefficient (Wildman–Crippen LogP) is 3.24. The fraction of sp³-hybridized carbons (Fsp3) is 0.222. The van der Waals surface area contributed by atoms with Crippen LogP contribution in [0.15, 0.2) is 53.0 Å². The lowest BCUT2D eigenvalue weighted by Crippen LogP contribution is -2.34. The van der Waals surface area contributed by atoms with Crippen molar-refractivity contribution in [1.82, 2.24) is 4.90 Å². The molecule has 0 heterocycles. The molecule has 124 valence electrons. The Kier molecular flexibility index (Phi) is 6.64. The quantitative estimate of drug-likeness (QED) is 0.730. The molecule has 0 bridgehead atoms. The van der Waals surface area contributed by atoms with Gasteiger partial charge in [-0.05, 0) is 36.4 Å². The smallest absolute Gasteiger partial charge is 0.260 e. The van der Waals surface area contributed by atoms with Crippen molar-refractivity contribution in [2.75, 3.05) is 26.8 Å². The van der Waals surface area contributed by atoms with Crippen LogP contribution >= 0.6 is 15.9 Å². The van der Waals surface area contributed by atoms with Crippen molar-refractivity contribution in [3.05, 3.63) is 58.6 Å². The Bertz CT molecular complexity index is 726. The number of rotatable bonds is 7. The molecule has 2 rings (SSSR count). The maximum atomic E-state index is 12.1. The van der Waals surface area contributed by atoms with Gasteiger partial charge in [0.2, 0.25) is 0 Å². The van der Waals surface area contributed by atoms with Crippen LogP contribution in [-0.4, -0.2) is 37.6 Å². The monoisotopic (exact) mass is 388 g/mol. The van der Waals surface area contributed by atoms with Gasteiger partial charge in [0, 0.05) is 11.5 Å². The van der Waals surface area contributed by atoms with Gasteiger partial charge in [-0.3, -0.25) is 4.79 Å². The van der Waals surface area contributed by atoms with Crippen molar-refractivity contribution >= 4 is 21.8 Å². The molecule has 0 saturated carbocycles. The number of carbonyl (C=O) groups excluding carboxylic acids is 1. The van der Waals surface area contributed by atoms with E-state index in [0.717, 1.165) is 10.2 Å². The van der Waals surface area contributed by atoms with E-state index in [2.05, 4.69) is 15.9 Å². The number of benzene rings is 2. The highest BCUT2D eigenvalue weighted by atomic mass is 79.9. The standard InChI is InChI=1S/C18H17BrN2O3/c1-21(10-11-23-16-8-6-15(19)7-9-16)18(22)13-24-17-5-3-2-4-14(17)12-20/h2-9H,10-11,13H2,1H3. The van der Waals surface area contributed by atoms with Crippen LogP contribution in [0, 0.1) is 11.3 Å². The first-order valence-corrected chi connectivity index (χ1v) is 8.13. The Balaban J connectivity index is 1.76. The second-order valence-electron chi connectivity index (χ2n) is 5.01. The molecule has 0 spiro atoms. The van der Waals surface area contributed by atoms with Gasteiger partial charge in [-0.2, -0.15) is 5.26 Å². The molecular weight excluding hydrogens is 372 g/mol. The molecule has 0 fully saturated rings. The number of hydrogen-bond donors (Lipinski definition) is 0. The van der Waals surface area contributed by atoms with Gasteiger partial charge in [0.25, 0.3) is 5.91 Å². The van der Waals surface area contributed by atoms with Gasteiger partial charge < -0.3 is 14.4 Å². The third-order valence-electron chi connectivity index (χ3n) is 3.29. The van der Waals surface area contributed by atoms with Crippen molar-refractivity contribution < 1.29 is 14.3 Å². The molecule has 2 aromatic rings. The van der Waals surface area contributed by atoms with E-state index >= 15 is 0 Å². The molecule has 0 radical (unpaired) electrons. The van der Waals surface area contributed by atoms with Crippen molar-refractivity contribution in [3.8, 4) is 17.6 Å². The van der Waals surface area contributed by atoms with Gasteiger partial charge in [0.1, 0.15) is 24.2 Å². The van der Waals surface area contributed by atoms with E-state index < -0.39 is 0 Å². The third-order valence-corrected chi connectivity index (χ3v) is 3.82. The molecule has 0 saturated heterocycles. The van der Waals surface area contributed by atoms with Crippen LogP contribution in [0.4, 0.5) is 0 Å². The minimum atomic E-state index is -0.179. The van der Waals surface area contributed by atoms with E-state index in [1.165, 1.54) is 4.90 Å². The molecule has 0 unspecified atom stereocenters. The highest BCUT2D eigenvalue weighted by Crippen LogP contribution is 2.17. The van der Waals surface area contributed by atoms with Crippen molar-refractivity contribution in [2.45, 2.75) is 0 Å². The zero-order chi connectivity index (χ0) is 17.4. The predicted molar refractivity (Wildman–Crippen MR) is 93.9 cm³/mol. The molecule has 6 heteroatoms. The van der Waals surface area contributed by atoms with Crippen LogP contribution < -0.4 is 9.47 Å². The average molecular weight is 389 g/mol. The van der Waals surface area contributed by atoms with Gasteiger partial charge >= 0.3 is 0 Å². The molecular formula is C18H17BrN2O3. The molecule has 5 nitrogen and oxygen atoms in total.